The molecule has 3 rings (SSSR count). The minimum Gasteiger partial charge on any atom is -0.474 e. The summed E-state index contributed by atoms with van der Waals surface area (Å²) >= 11 is 1.84. The van der Waals surface area contributed by atoms with Gasteiger partial charge in [0, 0.05) is 43.4 Å². The van der Waals surface area contributed by atoms with Crippen LogP contribution >= 0.6 is 11.8 Å². The largest absolute Gasteiger partial charge is 0.474 e. The monoisotopic (exact) mass is 351 g/mol. The summed E-state index contributed by atoms with van der Waals surface area (Å²) in [5.74, 6) is 1.43. The van der Waals surface area contributed by atoms with Crippen molar-refractivity contribution >= 4 is 17.7 Å². The normalized spacial score (nSPS) is 19.5. The Kier molecular flexibility index (Phi) is 6.18. The van der Waals surface area contributed by atoms with Gasteiger partial charge in [-0.15, -0.1) is 11.8 Å². The predicted molar refractivity (Wildman–Crippen MR) is 93.5 cm³/mol. The molecule has 0 N–H and O–H groups in total. The Morgan fingerprint density at radius 2 is 2.04 bits per heavy atom. The predicted octanol–water partition coefficient (Wildman–Crippen LogP) is 2.53. The van der Waals surface area contributed by atoms with E-state index < -0.39 is 0 Å². The third-order valence-corrected chi connectivity index (χ3v) is 5.97. The fourth-order valence-electron chi connectivity index (χ4n) is 3.22. The third-order valence-electron chi connectivity index (χ3n) is 4.62. The molecule has 2 aliphatic rings. The van der Waals surface area contributed by atoms with Crippen LogP contribution in [0.5, 0.6) is 11.9 Å². The van der Waals surface area contributed by atoms with Gasteiger partial charge in [0.15, 0.2) is 0 Å². The fraction of sp³-hybridized carbons (Fsp3) is 0.706. The van der Waals surface area contributed by atoms with Crippen molar-refractivity contribution in [3.05, 3.63) is 12.3 Å². The van der Waals surface area contributed by atoms with Gasteiger partial charge in [-0.25, -0.2) is 4.98 Å². The van der Waals surface area contributed by atoms with Crippen molar-refractivity contribution < 1.29 is 14.3 Å². The maximum Gasteiger partial charge on any atom is 0.319 e. The Balaban J connectivity index is 1.40. The van der Waals surface area contributed by atoms with Crippen molar-refractivity contribution in [2.75, 3.05) is 26.0 Å². The number of methoxy groups -OCH3 is 1. The maximum absolute atomic E-state index is 12.3. The van der Waals surface area contributed by atoms with Crippen LogP contribution in [0.3, 0.4) is 0 Å². The zero-order valence-electron chi connectivity index (χ0n) is 14.1. The summed E-state index contributed by atoms with van der Waals surface area (Å²) < 4.78 is 10.9. The van der Waals surface area contributed by atoms with Crippen molar-refractivity contribution in [1.82, 2.24) is 14.9 Å². The van der Waals surface area contributed by atoms with E-state index in [-0.39, 0.29) is 12.0 Å². The zero-order valence-corrected chi connectivity index (χ0v) is 15.0. The number of thioether (sulfide) groups is 1. The molecule has 1 aromatic heterocycles. The molecule has 132 valence electrons. The summed E-state index contributed by atoms with van der Waals surface area (Å²) in [5, 5.41) is 0.697. The first-order chi connectivity index (χ1) is 11.7. The zero-order chi connectivity index (χ0) is 16.8. The van der Waals surface area contributed by atoms with Crippen LogP contribution in [-0.4, -0.2) is 58.1 Å². The quantitative estimate of drug-likeness (QED) is 0.785. The highest BCUT2D eigenvalue weighted by molar-refractivity contribution is 8.00. The fourth-order valence-corrected chi connectivity index (χ4v) is 4.45. The van der Waals surface area contributed by atoms with Gasteiger partial charge in [0.25, 0.3) is 0 Å². The van der Waals surface area contributed by atoms with E-state index >= 15 is 0 Å². The molecule has 1 amide bonds. The lowest BCUT2D eigenvalue weighted by Crippen LogP contribution is -2.42. The van der Waals surface area contributed by atoms with Gasteiger partial charge in [-0.1, -0.05) is 12.8 Å². The third kappa shape index (κ3) is 4.75. The van der Waals surface area contributed by atoms with Crippen LogP contribution in [-0.2, 0) is 4.79 Å². The van der Waals surface area contributed by atoms with Gasteiger partial charge >= 0.3 is 6.01 Å². The summed E-state index contributed by atoms with van der Waals surface area (Å²) in [7, 11) is 1.53. The van der Waals surface area contributed by atoms with E-state index in [0.717, 1.165) is 25.9 Å². The first kappa shape index (κ1) is 17.3. The van der Waals surface area contributed by atoms with Gasteiger partial charge in [-0.2, -0.15) is 4.98 Å². The summed E-state index contributed by atoms with van der Waals surface area (Å²) in [6.45, 7) is 1.52. The molecule has 1 aliphatic carbocycles. The first-order valence-corrected chi connectivity index (χ1v) is 9.72. The van der Waals surface area contributed by atoms with E-state index in [1.807, 2.05) is 16.7 Å². The molecule has 0 spiro atoms. The van der Waals surface area contributed by atoms with Crippen LogP contribution in [0.1, 0.15) is 38.5 Å². The summed E-state index contributed by atoms with van der Waals surface area (Å²) in [6, 6.07) is 2.04. The van der Waals surface area contributed by atoms with Crippen molar-refractivity contribution in [3.63, 3.8) is 0 Å². The minimum absolute atomic E-state index is 0.0936. The lowest BCUT2D eigenvalue weighted by molar-refractivity contribution is -0.130. The smallest absolute Gasteiger partial charge is 0.319 e. The van der Waals surface area contributed by atoms with Gasteiger partial charge in [0.2, 0.25) is 11.8 Å². The molecule has 2 heterocycles. The second-order valence-corrected chi connectivity index (χ2v) is 7.59. The molecular weight excluding hydrogens is 326 g/mol. The highest BCUT2D eigenvalue weighted by Crippen LogP contribution is 2.29. The van der Waals surface area contributed by atoms with Crippen molar-refractivity contribution in [1.29, 1.82) is 0 Å². The average Bonchev–Trinajstić information content (AvgIpc) is 3.14. The Bertz CT molecular complexity index is 544. The Hall–Kier alpha value is -1.50. The highest BCUT2D eigenvalue weighted by Gasteiger charge is 2.25. The Morgan fingerprint density at radius 1 is 1.29 bits per heavy atom. The highest BCUT2D eigenvalue weighted by atomic mass is 32.2. The molecule has 1 aromatic rings. The molecule has 0 aromatic carbocycles. The van der Waals surface area contributed by atoms with Crippen LogP contribution in [0.2, 0.25) is 0 Å². The standard InChI is InChI=1S/C17H25N3O3S/c1-22-17-18-9-6-15(19-17)23-13-7-10-20(11-8-13)16(21)12-24-14-4-2-3-5-14/h6,9,13-14H,2-5,7-8,10-12H2,1H3. The van der Waals surface area contributed by atoms with Crippen molar-refractivity contribution in [3.8, 4) is 11.9 Å². The lowest BCUT2D eigenvalue weighted by atomic mass is 10.1. The minimum atomic E-state index is 0.0936. The SMILES string of the molecule is COc1nccc(OC2CCN(C(=O)CSC3CCCC3)CC2)n1. The molecule has 0 atom stereocenters. The van der Waals surface area contributed by atoms with Crippen LogP contribution in [0, 0.1) is 0 Å². The number of carbonyl (C=O) groups excluding carboxylic acids is 1. The number of likely N-dealkylation sites (tertiary alicyclic amines) is 1. The molecule has 0 bridgehead atoms. The van der Waals surface area contributed by atoms with Crippen LogP contribution in [0.4, 0.5) is 0 Å². The summed E-state index contributed by atoms with van der Waals surface area (Å²) in [4.78, 5) is 22.4. The molecule has 2 fully saturated rings. The Labute approximate surface area is 147 Å². The molecule has 6 nitrogen and oxygen atoms in total. The lowest BCUT2D eigenvalue weighted by Gasteiger charge is -2.32. The van der Waals surface area contributed by atoms with Crippen LogP contribution < -0.4 is 9.47 Å². The van der Waals surface area contributed by atoms with Gasteiger partial charge in [-0.3, -0.25) is 4.79 Å². The van der Waals surface area contributed by atoms with Crippen molar-refractivity contribution in [2.45, 2.75) is 49.9 Å². The molecule has 1 saturated carbocycles. The second-order valence-electron chi connectivity index (χ2n) is 6.30. The summed E-state index contributed by atoms with van der Waals surface area (Å²) in [6.07, 6.45) is 8.59. The van der Waals surface area contributed by atoms with Gasteiger partial charge < -0.3 is 14.4 Å². The van der Waals surface area contributed by atoms with Crippen LogP contribution in [0.15, 0.2) is 12.3 Å². The number of aromatic nitrogens is 2. The van der Waals surface area contributed by atoms with E-state index in [1.165, 1.54) is 32.8 Å². The molecule has 1 saturated heterocycles. The van der Waals surface area contributed by atoms with E-state index in [0.29, 0.717) is 22.9 Å². The molecule has 7 heteroatoms. The molecule has 0 radical (unpaired) electrons. The van der Waals surface area contributed by atoms with Crippen LogP contribution in [0.25, 0.3) is 0 Å². The molecule has 0 unspecified atom stereocenters. The number of carbonyl (C=O) groups is 1. The summed E-state index contributed by atoms with van der Waals surface area (Å²) in [5.41, 5.74) is 0. The van der Waals surface area contributed by atoms with Gasteiger partial charge in [-0.05, 0) is 12.8 Å². The van der Waals surface area contributed by atoms with Crippen molar-refractivity contribution in [2.24, 2.45) is 0 Å². The topological polar surface area (TPSA) is 64.6 Å². The van der Waals surface area contributed by atoms with E-state index in [2.05, 4.69) is 9.97 Å². The van der Waals surface area contributed by atoms with E-state index in [4.69, 9.17) is 9.47 Å². The number of amides is 1. The Morgan fingerprint density at radius 3 is 2.75 bits per heavy atom. The average molecular weight is 351 g/mol. The number of ether oxygens (including phenoxy) is 2. The van der Waals surface area contributed by atoms with E-state index in [1.54, 1.807) is 12.3 Å². The molecule has 1 aliphatic heterocycles. The molecular formula is C17H25N3O3S. The number of nitrogens with zero attached hydrogens (tertiary/aromatic N) is 3. The van der Waals surface area contributed by atoms with Gasteiger partial charge in [0.05, 0.1) is 12.9 Å². The number of piperidine rings is 1. The second kappa shape index (κ2) is 8.55. The number of hydrogen-bond donors (Lipinski definition) is 0. The first-order valence-electron chi connectivity index (χ1n) is 8.67. The maximum atomic E-state index is 12.3. The number of rotatable bonds is 6. The molecule has 24 heavy (non-hydrogen) atoms. The van der Waals surface area contributed by atoms with E-state index in [9.17, 15) is 4.79 Å². The number of hydrogen-bond acceptors (Lipinski definition) is 6. The van der Waals surface area contributed by atoms with Gasteiger partial charge in [0.1, 0.15) is 6.10 Å².